The van der Waals surface area contributed by atoms with Crippen LogP contribution in [0.15, 0.2) is 47.3 Å². The van der Waals surface area contributed by atoms with Crippen LogP contribution < -0.4 is 11.3 Å². The Morgan fingerprint density at radius 2 is 1.91 bits per heavy atom. The van der Waals surface area contributed by atoms with E-state index in [4.69, 9.17) is 18.0 Å². The molecule has 5 nitrogen and oxygen atoms in total. The molecular weight excluding hydrogens is 317 g/mol. The van der Waals surface area contributed by atoms with Crippen LogP contribution in [0.5, 0.6) is 0 Å². The summed E-state index contributed by atoms with van der Waals surface area (Å²) in [5, 5.41) is 0.377. The molecule has 0 fully saturated rings. The molecular formula is C16H12FN3O2S. The van der Waals surface area contributed by atoms with Crippen molar-refractivity contribution < 1.29 is 9.18 Å². The quantitative estimate of drug-likeness (QED) is 0.723. The molecule has 3 N–H and O–H groups in total. The Bertz CT molecular complexity index is 1020. The molecule has 1 aromatic heterocycles. The van der Waals surface area contributed by atoms with E-state index in [2.05, 4.69) is 4.98 Å². The smallest absolute Gasteiger partial charge is 0.266 e. The molecule has 0 aliphatic rings. The van der Waals surface area contributed by atoms with Gasteiger partial charge in [0, 0.05) is 0 Å². The summed E-state index contributed by atoms with van der Waals surface area (Å²) in [4.78, 5) is 26.7. The minimum atomic E-state index is -0.480. The lowest BCUT2D eigenvalue weighted by molar-refractivity contribution is -0.117. The van der Waals surface area contributed by atoms with Crippen molar-refractivity contribution in [2.75, 3.05) is 0 Å². The van der Waals surface area contributed by atoms with Gasteiger partial charge in [0.25, 0.3) is 5.56 Å². The number of nitrogens with two attached hydrogens (primary N) is 1. The Labute approximate surface area is 135 Å². The van der Waals surface area contributed by atoms with Gasteiger partial charge in [0.2, 0.25) is 5.91 Å². The largest absolute Gasteiger partial charge is 0.369 e. The number of amides is 1. The zero-order chi connectivity index (χ0) is 16.6. The Kier molecular flexibility index (Phi) is 3.79. The number of nitrogens with one attached hydrogen (secondary N) is 1. The lowest BCUT2D eigenvalue weighted by Crippen LogP contribution is -2.21. The minimum absolute atomic E-state index is 0.0432. The summed E-state index contributed by atoms with van der Waals surface area (Å²) < 4.78 is 14.6. The number of carbonyl (C=O) groups is 1. The molecule has 0 atom stereocenters. The molecule has 116 valence electrons. The fourth-order valence-corrected chi connectivity index (χ4v) is 2.70. The van der Waals surface area contributed by atoms with E-state index in [0.717, 1.165) is 0 Å². The molecule has 0 bridgehead atoms. The van der Waals surface area contributed by atoms with Crippen molar-refractivity contribution in [3.63, 3.8) is 0 Å². The summed E-state index contributed by atoms with van der Waals surface area (Å²) in [5.41, 5.74) is 6.50. The normalized spacial score (nSPS) is 10.8. The summed E-state index contributed by atoms with van der Waals surface area (Å²) in [7, 11) is 0. The predicted molar refractivity (Wildman–Crippen MR) is 87.6 cm³/mol. The average Bonchev–Trinajstić information content (AvgIpc) is 2.49. The number of aromatic nitrogens is 2. The van der Waals surface area contributed by atoms with Crippen molar-refractivity contribution in [1.82, 2.24) is 9.55 Å². The molecule has 0 aliphatic carbocycles. The van der Waals surface area contributed by atoms with Crippen LogP contribution in [0.1, 0.15) is 5.56 Å². The van der Waals surface area contributed by atoms with E-state index in [1.807, 2.05) is 0 Å². The first-order valence-corrected chi connectivity index (χ1v) is 7.19. The molecule has 7 heteroatoms. The number of nitrogens with zero attached hydrogens (tertiary/aromatic N) is 1. The van der Waals surface area contributed by atoms with Gasteiger partial charge in [-0.25, -0.2) is 4.39 Å². The van der Waals surface area contributed by atoms with Crippen LogP contribution in [-0.4, -0.2) is 15.5 Å². The maximum atomic E-state index is 13.1. The lowest BCUT2D eigenvalue weighted by atomic mass is 10.1. The Morgan fingerprint density at radius 3 is 2.57 bits per heavy atom. The first kappa shape index (κ1) is 15.1. The fourth-order valence-electron chi connectivity index (χ4n) is 2.40. The monoisotopic (exact) mass is 329 g/mol. The van der Waals surface area contributed by atoms with Crippen LogP contribution >= 0.6 is 12.2 Å². The van der Waals surface area contributed by atoms with Crippen LogP contribution in [0, 0.1) is 10.6 Å². The molecule has 23 heavy (non-hydrogen) atoms. The Hall–Kier alpha value is -2.80. The highest BCUT2D eigenvalue weighted by Gasteiger charge is 2.09. The molecule has 0 unspecified atom stereocenters. The van der Waals surface area contributed by atoms with Crippen LogP contribution in [-0.2, 0) is 11.2 Å². The number of H-pyrrole nitrogens is 1. The van der Waals surface area contributed by atoms with Crippen molar-refractivity contribution in [3.8, 4) is 5.69 Å². The van der Waals surface area contributed by atoms with Gasteiger partial charge < -0.3 is 10.7 Å². The average molecular weight is 329 g/mol. The van der Waals surface area contributed by atoms with Gasteiger partial charge >= 0.3 is 0 Å². The van der Waals surface area contributed by atoms with Crippen molar-refractivity contribution in [3.05, 3.63) is 69.0 Å². The minimum Gasteiger partial charge on any atom is -0.369 e. The topological polar surface area (TPSA) is 80.9 Å². The number of hydrogen-bond donors (Lipinski definition) is 2. The molecule has 1 heterocycles. The molecule has 1 amide bonds. The summed E-state index contributed by atoms with van der Waals surface area (Å²) in [6.07, 6.45) is 0.0432. The van der Waals surface area contributed by atoms with E-state index in [9.17, 15) is 14.0 Å². The van der Waals surface area contributed by atoms with E-state index in [-0.39, 0.29) is 16.8 Å². The van der Waals surface area contributed by atoms with Crippen LogP contribution in [0.25, 0.3) is 16.6 Å². The fraction of sp³-hybridized carbons (Fsp3) is 0.0625. The number of primary amides is 1. The summed E-state index contributed by atoms with van der Waals surface area (Å²) in [6.45, 7) is 0. The third kappa shape index (κ3) is 2.91. The Morgan fingerprint density at radius 1 is 1.22 bits per heavy atom. The van der Waals surface area contributed by atoms with Crippen LogP contribution in [0.4, 0.5) is 4.39 Å². The number of rotatable bonds is 3. The number of aromatic amines is 1. The molecule has 0 radical (unpaired) electrons. The van der Waals surface area contributed by atoms with Gasteiger partial charge in [0.1, 0.15) is 5.82 Å². The van der Waals surface area contributed by atoms with Crippen molar-refractivity contribution in [1.29, 1.82) is 0 Å². The van der Waals surface area contributed by atoms with Crippen molar-refractivity contribution in [2.24, 2.45) is 5.73 Å². The van der Waals surface area contributed by atoms with Crippen molar-refractivity contribution in [2.45, 2.75) is 6.42 Å². The second-order valence-electron chi connectivity index (χ2n) is 5.07. The lowest BCUT2D eigenvalue weighted by Gasteiger charge is -2.09. The van der Waals surface area contributed by atoms with Gasteiger partial charge in [-0.1, -0.05) is 6.07 Å². The molecule has 3 aromatic rings. The molecule has 0 aliphatic heterocycles. The number of halogens is 1. The third-order valence-electron chi connectivity index (χ3n) is 3.43. The molecule has 2 aromatic carbocycles. The third-order valence-corrected chi connectivity index (χ3v) is 3.71. The first-order chi connectivity index (χ1) is 11.0. The van der Waals surface area contributed by atoms with Gasteiger partial charge in [0.05, 0.1) is 23.0 Å². The van der Waals surface area contributed by atoms with Crippen LogP contribution in [0.2, 0.25) is 0 Å². The molecule has 0 spiro atoms. The highest BCUT2D eigenvalue weighted by atomic mass is 32.1. The highest BCUT2D eigenvalue weighted by Crippen LogP contribution is 2.14. The SMILES string of the molecule is NC(=O)Cc1ccc2[nH]c(=S)n(-c3ccc(F)cc3)c(=O)c2c1. The summed E-state index contributed by atoms with van der Waals surface area (Å²) >= 11 is 5.22. The number of benzene rings is 2. The number of fused-ring (bicyclic) bond motifs is 1. The molecule has 3 rings (SSSR count). The maximum Gasteiger partial charge on any atom is 0.266 e. The zero-order valence-corrected chi connectivity index (χ0v) is 12.7. The van der Waals surface area contributed by atoms with Gasteiger partial charge in [-0.3, -0.25) is 14.2 Å². The Balaban J connectivity index is 2.26. The summed E-state index contributed by atoms with van der Waals surface area (Å²) in [6, 6.07) is 10.4. The van der Waals surface area contributed by atoms with Gasteiger partial charge in [0.15, 0.2) is 4.77 Å². The second kappa shape index (κ2) is 5.77. The van der Waals surface area contributed by atoms with E-state index in [1.165, 1.54) is 28.8 Å². The maximum absolute atomic E-state index is 13.1. The van der Waals surface area contributed by atoms with Gasteiger partial charge in [-0.05, 0) is 54.2 Å². The van der Waals surface area contributed by atoms with Crippen molar-refractivity contribution >= 4 is 29.0 Å². The van der Waals surface area contributed by atoms with Gasteiger partial charge in [-0.2, -0.15) is 0 Å². The zero-order valence-electron chi connectivity index (χ0n) is 11.9. The molecule has 0 saturated heterocycles. The molecule has 0 saturated carbocycles. The second-order valence-corrected chi connectivity index (χ2v) is 5.46. The number of carbonyl (C=O) groups excluding carboxylic acids is 1. The predicted octanol–water partition coefficient (Wildman–Crippen LogP) is 2.22. The van der Waals surface area contributed by atoms with E-state index < -0.39 is 11.7 Å². The van der Waals surface area contributed by atoms with Crippen LogP contribution in [0.3, 0.4) is 0 Å². The van der Waals surface area contributed by atoms with E-state index >= 15 is 0 Å². The van der Waals surface area contributed by atoms with E-state index in [1.54, 1.807) is 18.2 Å². The van der Waals surface area contributed by atoms with E-state index in [0.29, 0.717) is 22.2 Å². The van der Waals surface area contributed by atoms with Gasteiger partial charge in [-0.15, -0.1) is 0 Å². The number of hydrogen-bond acceptors (Lipinski definition) is 3. The highest BCUT2D eigenvalue weighted by molar-refractivity contribution is 7.71. The summed E-state index contributed by atoms with van der Waals surface area (Å²) in [5.74, 6) is -0.881. The first-order valence-electron chi connectivity index (χ1n) is 6.78. The standard InChI is InChI=1S/C16H12FN3O2S/c17-10-2-4-11(5-3-10)20-15(22)12-7-9(8-14(18)21)1-6-13(12)19-16(20)23/h1-7H,8H2,(H2,18,21)(H,19,23).